The van der Waals surface area contributed by atoms with Gasteiger partial charge in [0.1, 0.15) is 28.4 Å². The van der Waals surface area contributed by atoms with Gasteiger partial charge in [-0.1, -0.05) is 5.21 Å². The molecule has 0 spiro atoms. The summed E-state index contributed by atoms with van der Waals surface area (Å²) in [5.74, 6) is -1.12. The van der Waals surface area contributed by atoms with Crippen LogP contribution in [0.15, 0.2) is 29.8 Å². The second kappa shape index (κ2) is 6.68. The Morgan fingerprint density at radius 1 is 1.42 bits per heavy atom. The van der Waals surface area contributed by atoms with Crippen molar-refractivity contribution in [1.82, 2.24) is 20.0 Å². The van der Waals surface area contributed by atoms with Crippen molar-refractivity contribution in [3.05, 3.63) is 52.1 Å². The van der Waals surface area contributed by atoms with Gasteiger partial charge in [0.05, 0.1) is 17.5 Å². The standard InChI is InChI=1S/C16H11F2N5S/c1-2-23-8-12(21-22-23)5-10(7-19)16-20-15(9-24-16)13-6-11(17)3-4-14(13)18/h3-6,8-9H,2H2,1H3/b10-5+. The molecule has 0 saturated heterocycles. The number of aromatic nitrogens is 4. The van der Waals surface area contributed by atoms with Crippen molar-refractivity contribution in [2.45, 2.75) is 13.5 Å². The molecule has 0 saturated carbocycles. The molecule has 8 heteroatoms. The monoisotopic (exact) mass is 343 g/mol. The van der Waals surface area contributed by atoms with Gasteiger partial charge in [0.25, 0.3) is 0 Å². The molecule has 24 heavy (non-hydrogen) atoms. The third kappa shape index (κ3) is 3.21. The van der Waals surface area contributed by atoms with Gasteiger partial charge in [-0.05, 0) is 31.2 Å². The average Bonchev–Trinajstić information content (AvgIpc) is 3.24. The first kappa shape index (κ1) is 16.0. The van der Waals surface area contributed by atoms with Gasteiger partial charge in [-0.2, -0.15) is 5.26 Å². The van der Waals surface area contributed by atoms with Crippen LogP contribution in [0.1, 0.15) is 17.6 Å². The molecular formula is C16H11F2N5S. The number of benzene rings is 1. The molecule has 2 aromatic heterocycles. The van der Waals surface area contributed by atoms with E-state index in [1.54, 1.807) is 22.3 Å². The van der Waals surface area contributed by atoms with E-state index in [9.17, 15) is 14.0 Å². The number of allylic oxidation sites excluding steroid dienone is 1. The fraction of sp³-hybridized carbons (Fsp3) is 0.125. The summed E-state index contributed by atoms with van der Waals surface area (Å²) in [5, 5.41) is 19.2. The quantitative estimate of drug-likeness (QED) is 0.677. The summed E-state index contributed by atoms with van der Waals surface area (Å²) < 4.78 is 28.8. The summed E-state index contributed by atoms with van der Waals surface area (Å²) in [6, 6.07) is 5.22. The van der Waals surface area contributed by atoms with Crippen molar-refractivity contribution < 1.29 is 8.78 Å². The Kier molecular flexibility index (Phi) is 4.44. The van der Waals surface area contributed by atoms with Crippen LogP contribution in [-0.4, -0.2) is 20.0 Å². The van der Waals surface area contributed by atoms with Crippen molar-refractivity contribution in [2.75, 3.05) is 0 Å². The predicted octanol–water partition coefficient (Wildman–Crippen LogP) is 3.76. The molecule has 5 nitrogen and oxygen atoms in total. The first-order valence-corrected chi connectivity index (χ1v) is 7.92. The Morgan fingerprint density at radius 2 is 2.25 bits per heavy atom. The molecule has 3 rings (SSSR count). The van der Waals surface area contributed by atoms with E-state index < -0.39 is 11.6 Å². The highest BCUT2D eigenvalue weighted by Crippen LogP contribution is 2.29. The lowest BCUT2D eigenvalue weighted by Crippen LogP contribution is -1.93. The number of hydrogen-bond donors (Lipinski definition) is 0. The summed E-state index contributed by atoms with van der Waals surface area (Å²) in [4.78, 5) is 4.24. The van der Waals surface area contributed by atoms with E-state index in [1.165, 1.54) is 11.3 Å². The number of nitrogens with zero attached hydrogens (tertiary/aromatic N) is 5. The minimum absolute atomic E-state index is 0.0618. The predicted molar refractivity (Wildman–Crippen MR) is 86.6 cm³/mol. The van der Waals surface area contributed by atoms with Gasteiger partial charge in [0.15, 0.2) is 0 Å². The van der Waals surface area contributed by atoms with Crippen LogP contribution in [0.3, 0.4) is 0 Å². The summed E-state index contributed by atoms with van der Waals surface area (Å²) >= 11 is 1.18. The summed E-state index contributed by atoms with van der Waals surface area (Å²) in [6.07, 6.45) is 3.27. The van der Waals surface area contributed by atoms with Gasteiger partial charge in [-0.3, -0.25) is 4.68 Å². The maximum absolute atomic E-state index is 13.8. The lowest BCUT2D eigenvalue weighted by atomic mass is 10.1. The highest BCUT2D eigenvalue weighted by molar-refractivity contribution is 7.11. The Morgan fingerprint density at radius 3 is 2.96 bits per heavy atom. The normalized spacial score (nSPS) is 11.5. The van der Waals surface area contributed by atoms with E-state index in [0.29, 0.717) is 17.2 Å². The molecule has 0 bridgehead atoms. The fourth-order valence-corrected chi connectivity index (χ4v) is 2.82. The first-order chi connectivity index (χ1) is 11.6. The second-order valence-electron chi connectivity index (χ2n) is 4.83. The molecule has 0 aliphatic carbocycles. The first-order valence-electron chi connectivity index (χ1n) is 7.04. The van der Waals surface area contributed by atoms with Gasteiger partial charge in [-0.15, -0.1) is 16.4 Å². The van der Waals surface area contributed by atoms with Crippen LogP contribution in [0, 0.1) is 23.0 Å². The largest absolute Gasteiger partial charge is 0.252 e. The maximum Gasteiger partial charge on any atom is 0.134 e. The van der Waals surface area contributed by atoms with Crippen molar-refractivity contribution in [3.8, 4) is 17.3 Å². The fourth-order valence-electron chi connectivity index (χ4n) is 2.04. The number of nitriles is 1. The Balaban J connectivity index is 1.96. The zero-order valence-electron chi connectivity index (χ0n) is 12.6. The van der Waals surface area contributed by atoms with Gasteiger partial charge in [0.2, 0.25) is 0 Å². The highest BCUT2D eigenvalue weighted by Gasteiger charge is 2.13. The van der Waals surface area contributed by atoms with Crippen LogP contribution < -0.4 is 0 Å². The van der Waals surface area contributed by atoms with Gasteiger partial charge < -0.3 is 0 Å². The highest BCUT2D eigenvalue weighted by atomic mass is 32.1. The number of rotatable bonds is 4. The van der Waals surface area contributed by atoms with Gasteiger partial charge in [-0.25, -0.2) is 13.8 Å². The minimum Gasteiger partial charge on any atom is -0.252 e. The van der Waals surface area contributed by atoms with E-state index in [4.69, 9.17) is 0 Å². The van der Waals surface area contributed by atoms with Crippen LogP contribution in [0.25, 0.3) is 22.9 Å². The molecule has 0 atom stereocenters. The molecule has 2 heterocycles. The molecule has 0 radical (unpaired) electrons. The zero-order valence-corrected chi connectivity index (χ0v) is 13.4. The van der Waals surface area contributed by atoms with E-state index in [2.05, 4.69) is 15.3 Å². The molecule has 0 aliphatic heterocycles. The maximum atomic E-state index is 13.8. The molecule has 0 aliphatic rings. The molecule has 0 unspecified atom stereocenters. The molecule has 0 fully saturated rings. The molecule has 3 aromatic rings. The lowest BCUT2D eigenvalue weighted by Gasteiger charge is -1.99. The molecular weight excluding hydrogens is 332 g/mol. The van der Waals surface area contributed by atoms with Crippen LogP contribution in [0.2, 0.25) is 0 Å². The summed E-state index contributed by atoms with van der Waals surface area (Å²) in [7, 11) is 0. The SMILES string of the molecule is CCn1cc(/C=C(\C#N)c2nc(-c3cc(F)ccc3F)cs2)nn1. The summed E-state index contributed by atoms with van der Waals surface area (Å²) in [5.41, 5.74) is 1.16. The van der Waals surface area contributed by atoms with E-state index >= 15 is 0 Å². The van der Waals surface area contributed by atoms with Crippen LogP contribution in [0.5, 0.6) is 0 Å². The van der Waals surface area contributed by atoms with E-state index in [1.807, 2.05) is 13.0 Å². The Hall–Kier alpha value is -2.92. The third-order valence-electron chi connectivity index (χ3n) is 3.23. The van der Waals surface area contributed by atoms with Gasteiger partial charge >= 0.3 is 0 Å². The van der Waals surface area contributed by atoms with Crippen molar-refractivity contribution in [3.63, 3.8) is 0 Å². The Bertz CT molecular complexity index is 952. The number of aryl methyl sites for hydroxylation is 1. The number of hydrogen-bond acceptors (Lipinski definition) is 5. The van der Waals surface area contributed by atoms with Crippen molar-refractivity contribution >= 4 is 23.0 Å². The van der Waals surface area contributed by atoms with Crippen LogP contribution >= 0.6 is 11.3 Å². The summed E-state index contributed by atoms with van der Waals surface area (Å²) in [6.45, 7) is 2.59. The molecule has 1 aromatic carbocycles. The van der Waals surface area contributed by atoms with E-state index in [-0.39, 0.29) is 16.8 Å². The van der Waals surface area contributed by atoms with Gasteiger partial charge in [0, 0.05) is 17.5 Å². The molecule has 120 valence electrons. The second-order valence-corrected chi connectivity index (χ2v) is 5.69. The van der Waals surface area contributed by atoms with E-state index in [0.717, 1.165) is 18.2 Å². The lowest BCUT2D eigenvalue weighted by molar-refractivity contribution is 0.603. The topological polar surface area (TPSA) is 67.4 Å². The number of thiazole rings is 1. The average molecular weight is 343 g/mol. The van der Waals surface area contributed by atoms with Crippen LogP contribution in [0.4, 0.5) is 8.78 Å². The van der Waals surface area contributed by atoms with Crippen LogP contribution in [-0.2, 0) is 6.54 Å². The smallest absolute Gasteiger partial charge is 0.134 e. The van der Waals surface area contributed by atoms with Crippen molar-refractivity contribution in [1.29, 1.82) is 5.26 Å². The number of halogens is 2. The zero-order chi connectivity index (χ0) is 17.1. The molecule has 0 N–H and O–H groups in total. The van der Waals surface area contributed by atoms with Crippen molar-refractivity contribution in [2.24, 2.45) is 0 Å². The Labute approximate surface area is 140 Å². The minimum atomic E-state index is -0.568. The third-order valence-corrected chi connectivity index (χ3v) is 4.11. The molecule has 0 amide bonds.